The lowest BCUT2D eigenvalue weighted by Crippen LogP contribution is -2.32. The predicted octanol–water partition coefficient (Wildman–Crippen LogP) is 0.856. The summed E-state index contributed by atoms with van der Waals surface area (Å²) < 4.78 is 4.96. The lowest BCUT2D eigenvalue weighted by molar-refractivity contribution is 0.230. The molecule has 1 atom stereocenters. The van der Waals surface area contributed by atoms with Crippen LogP contribution in [0.15, 0.2) is 0 Å². The van der Waals surface area contributed by atoms with E-state index in [1.807, 2.05) is 0 Å². The summed E-state index contributed by atoms with van der Waals surface area (Å²) in [4.78, 5) is 0. The van der Waals surface area contributed by atoms with Crippen LogP contribution < -0.4 is 5.73 Å². The number of aliphatic hydroxyl groups excluding tert-OH is 1. The highest BCUT2D eigenvalue weighted by molar-refractivity contribution is 5.91. The monoisotopic (exact) mass is 213 g/mol. The Bertz CT molecular complexity index is 245. The molecule has 0 spiro atoms. The Balaban J connectivity index is 2.37. The fourth-order valence-corrected chi connectivity index (χ4v) is 1.67. The van der Waals surface area contributed by atoms with Crippen molar-refractivity contribution in [3.8, 4) is 0 Å². The van der Waals surface area contributed by atoms with Crippen LogP contribution in [0.2, 0.25) is 0 Å². The van der Waals surface area contributed by atoms with Gasteiger partial charge >= 0.3 is 0 Å². The number of hydrogen-bond donors (Lipinski definition) is 4. The average Bonchev–Trinajstić information content (AvgIpc) is 2.18. The lowest BCUT2D eigenvalue weighted by Gasteiger charge is -2.26. The lowest BCUT2D eigenvalue weighted by atomic mass is 9.86. The molecule has 0 aromatic rings. The van der Waals surface area contributed by atoms with E-state index in [-0.39, 0.29) is 23.8 Å². The number of nitrogens with two attached hydrogens (primary N) is 1. The van der Waals surface area contributed by atoms with Gasteiger partial charge in [-0.1, -0.05) is 0 Å². The van der Waals surface area contributed by atoms with Gasteiger partial charge in [0, 0.05) is 12.0 Å². The summed E-state index contributed by atoms with van der Waals surface area (Å²) in [5.74, 6) is -0.105. The molecule has 0 aliphatic heterocycles. The van der Waals surface area contributed by atoms with Gasteiger partial charge in [-0.3, -0.25) is 10.8 Å². The standard InChI is InChI=1S/C10H19N3O2/c1-6(14)9(12)15-10(13)7-2-4-8(11)5-3-7/h6-8,12-14H,2-5,11H2,1H3/t6-,7-,8-/m1/s1. The van der Waals surface area contributed by atoms with E-state index in [1.54, 1.807) is 0 Å². The van der Waals surface area contributed by atoms with E-state index in [0.29, 0.717) is 0 Å². The van der Waals surface area contributed by atoms with Gasteiger partial charge in [0.15, 0.2) is 5.90 Å². The smallest absolute Gasteiger partial charge is 0.217 e. The van der Waals surface area contributed by atoms with Crippen LogP contribution in [-0.2, 0) is 4.74 Å². The van der Waals surface area contributed by atoms with E-state index in [4.69, 9.17) is 26.4 Å². The fraction of sp³-hybridized carbons (Fsp3) is 0.800. The van der Waals surface area contributed by atoms with Gasteiger partial charge in [0.25, 0.3) is 0 Å². The third kappa shape index (κ3) is 3.60. The molecule has 0 aromatic heterocycles. The summed E-state index contributed by atoms with van der Waals surface area (Å²) in [5.41, 5.74) is 5.75. The highest BCUT2D eigenvalue weighted by atomic mass is 16.5. The van der Waals surface area contributed by atoms with Crippen molar-refractivity contribution in [2.24, 2.45) is 11.7 Å². The molecule has 15 heavy (non-hydrogen) atoms. The largest absolute Gasteiger partial charge is 0.427 e. The Morgan fingerprint density at radius 3 is 2.33 bits per heavy atom. The SMILES string of the molecule is C[C@@H](O)C(=N)OC(=N)[C@H]1CC[C@H](N)CC1. The van der Waals surface area contributed by atoms with E-state index < -0.39 is 6.10 Å². The van der Waals surface area contributed by atoms with Crippen LogP contribution in [0.5, 0.6) is 0 Å². The molecule has 1 saturated carbocycles. The first kappa shape index (κ1) is 12.1. The average molecular weight is 213 g/mol. The minimum absolute atomic E-state index is 0.0592. The van der Waals surface area contributed by atoms with Gasteiger partial charge in [0.1, 0.15) is 6.10 Å². The zero-order valence-electron chi connectivity index (χ0n) is 8.99. The predicted molar refractivity (Wildman–Crippen MR) is 58.2 cm³/mol. The van der Waals surface area contributed by atoms with Crippen LogP contribution in [0, 0.1) is 16.7 Å². The van der Waals surface area contributed by atoms with E-state index in [2.05, 4.69) is 0 Å². The normalized spacial score (nSPS) is 28.2. The minimum Gasteiger partial charge on any atom is -0.427 e. The Morgan fingerprint density at radius 2 is 1.87 bits per heavy atom. The van der Waals surface area contributed by atoms with Crippen molar-refractivity contribution in [1.82, 2.24) is 0 Å². The minimum atomic E-state index is -0.948. The third-order valence-corrected chi connectivity index (χ3v) is 2.74. The zero-order valence-corrected chi connectivity index (χ0v) is 8.99. The molecule has 0 saturated heterocycles. The second-order valence-corrected chi connectivity index (χ2v) is 4.12. The number of rotatable bonds is 2. The van der Waals surface area contributed by atoms with E-state index in [9.17, 15) is 0 Å². The second-order valence-electron chi connectivity index (χ2n) is 4.12. The number of ether oxygens (including phenoxy) is 1. The Morgan fingerprint density at radius 1 is 1.33 bits per heavy atom. The van der Waals surface area contributed by atoms with Gasteiger partial charge < -0.3 is 15.6 Å². The molecule has 5 heteroatoms. The van der Waals surface area contributed by atoms with Gasteiger partial charge in [-0.2, -0.15) is 0 Å². The number of aliphatic hydroxyl groups is 1. The summed E-state index contributed by atoms with van der Waals surface area (Å²) in [7, 11) is 0. The molecule has 1 rings (SSSR count). The summed E-state index contributed by atoms with van der Waals surface area (Å²) in [6, 6.07) is 0.241. The molecule has 0 unspecified atom stereocenters. The van der Waals surface area contributed by atoms with Gasteiger partial charge in [-0.05, 0) is 32.6 Å². The van der Waals surface area contributed by atoms with Crippen molar-refractivity contribution < 1.29 is 9.84 Å². The van der Waals surface area contributed by atoms with Gasteiger partial charge in [0.2, 0.25) is 5.90 Å². The van der Waals surface area contributed by atoms with Crippen molar-refractivity contribution in [1.29, 1.82) is 10.8 Å². The van der Waals surface area contributed by atoms with E-state index in [1.165, 1.54) is 6.92 Å². The summed E-state index contributed by atoms with van der Waals surface area (Å²) >= 11 is 0. The van der Waals surface area contributed by atoms with E-state index >= 15 is 0 Å². The molecule has 1 aliphatic carbocycles. The molecular formula is C10H19N3O2. The molecule has 0 radical (unpaired) electrons. The van der Waals surface area contributed by atoms with Crippen molar-refractivity contribution in [3.63, 3.8) is 0 Å². The van der Waals surface area contributed by atoms with Crippen LogP contribution in [0.4, 0.5) is 0 Å². The van der Waals surface area contributed by atoms with Gasteiger partial charge in [0.05, 0.1) is 0 Å². The van der Waals surface area contributed by atoms with Crippen molar-refractivity contribution in [2.45, 2.75) is 44.8 Å². The third-order valence-electron chi connectivity index (χ3n) is 2.74. The Kier molecular flexibility index (Phi) is 4.23. The first-order valence-electron chi connectivity index (χ1n) is 5.29. The van der Waals surface area contributed by atoms with Crippen LogP contribution in [0.1, 0.15) is 32.6 Å². The highest BCUT2D eigenvalue weighted by Crippen LogP contribution is 2.24. The number of hydrogen-bond acceptors (Lipinski definition) is 5. The molecule has 1 fully saturated rings. The summed E-state index contributed by atoms with van der Waals surface area (Å²) in [5, 5.41) is 24.0. The Hall–Kier alpha value is -0.940. The first-order valence-corrected chi connectivity index (χ1v) is 5.29. The second kappa shape index (κ2) is 5.23. The van der Waals surface area contributed by atoms with Crippen molar-refractivity contribution >= 4 is 11.8 Å². The maximum atomic E-state index is 9.04. The number of nitrogens with one attached hydrogen (secondary N) is 2. The van der Waals surface area contributed by atoms with Crippen LogP contribution in [0.25, 0.3) is 0 Å². The molecule has 0 heterocycles. The van der Waals surface area contributed by atoms with Gasteiger partial charge in [-0.25, -0.2) is 0 Å². The molecule has 0 aromatic carbocycles. The molecule has 5 N–H and O–H groups in total. The van der Waals surface area contributed by atoms with Crippen molar-refractivity contribution in [2.75, 3.05) is 0 Å². The van der Waals surface area contributed by atoms with Crippen molar-refractivity contribution in [3.05, 3.63) is 0 Å². The maximum Gasteiger partial charge on any atom is 0.217 e. The quantitative estimate of drug-likeness (QED) is 0.404. The highest BCUT2D eigenvalue weighted by Gasteiger charge is 2.24. The molecule has 1 aliphatic rings. The maximum absolute atomic E-state index is 9.04. The molecular weight excluding hydrogens is 194 g/mol. The van der Waals surface area contributed by atoms with Crippen LogP contribution in [-0.4, -0.2) is 29.0 Å². The molecule has 5 nitrogen and oxygen atoms in total. The molecule has 0 amide bonds. The summed E-state index contributed by atoms with van der Waals surface area (Å²) in [6.45, 7) is 1.45. The van der Waals surface area contributed by atoms with Gasteiger partial charge in [-0.15, -0.1) is 0 Å². The Labute approximate surface area is 89.6 Å². The topological polar surface area (TPSA) is 103 Å². The molecule has 0 bridgehead atoms. The fourth-order valence-electron chi connectivity index (χ4n) is 1.67. The summed E-state index contributed by atoms with van der Waals surface area (Å²) in [6.07, 6.45) is 2.54. The van der Waals surface area contributed by atoms with E-state index in [0.717, 1.165) is 25.7 Å². The molecule has 86 valence electrons. The zero-order chi connectivity index (χ0) is 11.4. The first-order chi connectivity index (χ1) is 7.00. The van der Waals surface area contributed by atoms with Crippen LogP contribution in [0.3, 0.4) is 0 Å². The van der Waals surface area contributed by atoms with Crippen LogP contribution >= 0.6 is 0 Å².